The van der Waals surface area contributed by atoms with E-state index in [2.05, 4.69) is 6.58 Å². The molecule has 1 N–H and O–H groups in total. The third kappa shape index (κ3) is 8.91. The van der Waals surface area contributed by atoms with Crippen molar-refractivity contribution in [2.24, 2.45) is 0 Å². The molecule has 1 rings (SSSR count). The van der Waals surface area contributed by atoms with Crippen molar-refractivity contribution in [2.45, 2.75) is 6.42 Å². The molecule has 0 atom stereocenters. The van der Waals surface area contributed by atoms with E-state index in [4.69, 9.17) is 5.11 Å². The van der Waals surface area contributed by atoms with E-state index in [0.717, 1.165) is 0 Å². The van der Waals surface area contributed by atoms with Crippen LogP contribution in [0.25, 0.3) is 0 Å². The molecule has 0 aliphatic rings. The molecule has 0 aliphatic carbocycles. The van der Waals surface area contributed by atoms with E-state index in [1.165, 1.54) is 6.08 Å². The Labute approximate surface area is 69.8 Å². The predicted molar refractivity (Wildman–Crippen MR) is 46.8 cm³/mol. The summed E-state index contributed by atoms with van der Waals surface area (Å²) in [4.78, 5) is 9.53. The normalized spacial score (nSPS) is 7.64. The average Bonchev–Trinajstić information content (AvgIpc) is 2.41. The highest BCUT2D eigenvalue weighted by Crippen LogP contribution is 1.91. The molecule has 0 saturated carbocycles. The van der Waals surface area contributed by atoms with Gasteiger partial charge in [0.2, 0.25) is 0 Å². The van der Waals surface area contributed by atoms with Crippen LogP contribution in [0.5, 0.6) is 0 Å². The first kappa shape index (κ1) is 9.91. The number of hydrogen-bond acceptors (Lipinski definition) is 2. The summed E-state index contributed by atoms with van der Waals surface area (Å²) in [6.45, 7) is 3.22. The maximum atomic E-state index is 9.53. The van der Waals surface area contributed by atoms with Gasteiger partial charge in [-0.2, -0.15) is 11.3 Å². The molecule has 1 aromatic rings. The molecular weight excluding hydrogens is 160 g/mol. The zero-order valence-electron chi connectivity index (χ0n) is 6.06. The Bertz CT molecular complexity index is 175. The van der Waals surface area contributed by atoms with Crippen molar-refractivity contribution < 1.29 is 9.90 Å². The quantitative estimate of drug-likeness (QED) is 0.692. The van der Waals surface area contributed by atoms with E-state index in [0.29, 0.717) is 0 Å². The Balaban J connectivity index is 0.000000183. The van der Waals surface area contributed by atoms with Crippen LogP contribution in [0, 0.1) is 0 Å². The summed E-state index contributed by atoms with van der Waals surface area (Å²) in [6.07, 6.45) is 1.41. The van der Waals surface area contributed by atoms with Crippen LogP contribution < -0.4 is 0 Å². The lowest BCUT2D eigenvalue weighted by Crippen LogP contribution is -1.88. The van der Waals surface area contributed by atoms with Gasteiger partial charge in [-0.3, -0.25) is 4.79 Å². The standard InChI is InChI=1S/C4H6O2.C4H4S/c1-2-3-4(5)6;1-2-4-5-3-1/h2H,1,3H2,(H,5,6);1-4H. The van der Waals surface area contributed by atoms with Crippen molar-refractivity contribution in [2.75, 3.05) is 0 Å². The monoisotopic (exact) mass is 170 g/mol. The molecular formula is C8H10O2S. The third-order valence-corrected chi connectivity index (χ3v) is 1.37. The molecule has 3 heteroatoms. The van der Waals surface area contributed by atoms with Crippen LogP contribution >= 0.6 is 11.3 Å². The zero-order valence-corrected chi connectivity index (χ0v) is 6.88. The second-order valence-corrected chi connectivity index (χ2v) is 2.50. The number of carbonyl (C=O) groups is 1. The Morgan fingerprint density at radius 3 is 2.18 bits per heavy atom. The maximum Gasteiger partial charge on any atom is 0.307 e. The van der Waals surface area contributed by atoms with Crippen molar-refractivity contribution in [3.63, 3.8) is 0 Å². The number of carboxylic acids is 1. The Hall–Kier alpha value is -1.09. The molecule has 1 heterocycles. The van der Waals surface area contributed by atoms with Crippen molar-refractivity contribution in [3.8, 4) is 0 Å². The summed E-state index contributed by atoms with van der Waals surface area (Å²) < 4.78 is 0. The molecule has 0 unspecified atom stereocenters. The van der Waals surface area contributed by atoms with E-state index in [1.807, 2.05) is 22.9 Å². The van der Waals surface area contributed by atoms with Crippen LogP contribution in [-0.4, -0.2) is 11.1 Å². The molecule has 0 spiro atoms. The molecule has 11 heavy (non-hydrogen) atoms. The predicted octanol–water partition coefficient (Wildman–Crippen LogP) is 2.40. The van der Waals surface area contributed by atoms with Gasteiger partial charge in [-0.05, 0) is 10.8 Å². The summed E-state index contributed by atoms with van der Waals surface area (Å²) in [7, 11) is 0. The fourth-order valence-corrected chi connectivity index (χ4v) is 0.804. The molecule has 60 valence electrons. The smallest absolute Gasteiger partial charge is 0.307 e. The summed E-state index contributed by atoms with van der Waals surface area (Å²) in [6, 6.07) is 4.04. The van der Waals surface area contributed by atoms with Gasteiger partial charge in [0.15, 0.2) is 0 Å². The lowest BCUT2D eigenvalue weighted by Gasteiger charge is -1.75. The average molecular weight is 170 g/mol. The van der Waals surface area contributed by atoms with Gasteiger partial charge in [-0.1, -0.05) is 18.2 Å². The number of rotatable bonds is 2. The molecule has 0 amide bonds. The van der Waals surface area contributed by atoms with Crippen LogP contribution in [0.1, 0.15) is 6.42 Å². The molecule has 0 aromatic carbocycles. The van der Waals surface area contributed by atoms with E-state index in [-0.39, 0.29) is 6.42 Å². The zero-order chi connectivity index (χ0) is 8.53. The first-order valence-corrected chi connectivity index (χ1v) is 4.01. The van der Waals surface area contributed by atoms with Gasteiger partial charge in [0, 0.05) is 0 Å². The van der Waals surface area contributed by atoms with Gasteiger partial charge in [0.05, 0.1) is 6.42 Å². The minimum absolute atomic E-state index is 0.0556. The second-order valence-electron chi connectivity index (χ2n) is 1.68. The van der Waals surface area contributed by atoms with Gasteiger partial charge < -0.3 is 5.11 Å². The maximum absolute atomic E-state index is 9.53. The topological polar surface area (TPSA) is 37.3 Å². The molecule has 0 fully saturated rings. The number of thiophene rings is 1. The Morgan fingerprint density at radius 1 is 1.55 bits per heavy atom. The summed E-state index contributed by atoms with van der Waals surface area (Å²) in [5.74, 6) is -0.829. The molecule has 0 bridgehead atoms. The van der Waals surface area contributed by atoms with Gasteiger partial charge in [-0.25, -0.2) is 0 Å². The second kappa shape index (κ2) is 7.02. The SMILES string of the molecule is C=CCC(=O)O.c1ccsc1. The molecule has 1 aromatic heterocycles. The van der Waals surface area contributed by atoms with E-state index >= 15 is 0 Å². The van der Waals surface area contributed by atoms with Crippen LogP contribution in [0.4, 0.5) is 0 Å². The minimum Gasteiger partial charge on any atom is -0.481 e. The highest BCUT2D eigenvalue weighted by atomic mass is 32.1. The van der Waals surface area contributed by atoms with E-state index < -0.39 is 5.97 Å². The minimum atomic E-state index is -0.829. The summed E-state index contributed by atoms with van der Waals surface area (Å²) in [5, 5.41) is 11.9. The fraction of sp³-hybridized carbons (Fsp3) is 0.125. The molecule has 0 saturated heterocycles. The molecule has 0 radical (unpaired) electrons. The largest absolute Gasteiger partial charge is 0.481 e. The van der Waals surface area contributed by atoms with Gasteiger partial charge in [0.25, 0.3) is 0 Å². The van der Waals surface area contributed by atoms with E-state index in [9.17, 15) is 4.79 Å². The number of hydrogen-bond donors (Lipinski definition) is 1. The first-order valence-electron chi connectivity index (χ1n) is 3.07. The Kier molecular flexibility index (Phi) is 6.33. The van der Waals surface area contributed by atoms with Gasteiger partial charge in [0.1, 0.15) is 0 Å². The third-order valence-electron chi connectivity index (χ3n) is 0.744. The lowest BCUT2D eigenvalue weighted by molar-refractivity contribution is -0.135. The molecule has 2 nitrogen and oxygen atoms in total. The summed E-state index contributed by atoms with van der Waals surface area (Å²) in [5.41, 5.74) is 0. The fourth-order valence-electron chi connectivity index (χ4n) is 0.350. The van der Waals surface area contributed by atoms with E-state index in [1.54, 1.807) is 11.3 Å². The van der Waals surface area contributed by atoms with Crippen molar-refractivity contribution in [3.05, 3.63) is 35.5 Å². The van der Waals surface area contributed by atoms with Crippen LogP contribution in [0.15, 0.2) is 35.5 Å². The van der Waals surface area contributed by atoms with Gasteiger partial charge >= 0.3 is 5.97 Å². The summed E-state index contributed by atoms with van der Waals surface area (Å²) >= 11 is 1.71. The van der Waals surface area contributed by atoms with Crippen molar-refractivity contribution >= 4 is 17.3 Å². The van der Waals surface area contributed by atoms with Gasteiger partial charge in [-0.15, -0.1) is 6.58 Å². The van der Waals surface area contributed by atoms with Crippen LogP contribution in [0.2, 0.25) is 0 Å². The number of aliphatic carboxylic acids is 1. The molecule has 0 aliphatic heterocycles. The number of carboxylic acid groups (broad SMARTS) is 1. The highest BCUT2D eigenvalue weighted by molar-refractivity contribution is 7.07. The van der Waals surface area contributed by atoms with Crippen LogP contribution in [-0.2, 0) is 4.79 Å². The van der Waals surface area contributed by atoms with Crippen molar-refractivity contribution in [1.29, 1.82) is 0 Å². The van der Waals surface area contributed by atoms with Crippen molar-refractivity contribution in [1.82, 2.24) is 0 Å². The lowest BCUT2D eigenvalue weighted by atomic mass is 10.4. The highest BCUT2D eigenvalue weighted by Gasteiger charge is 1.84. The Morgan fingerprint density at radius 2 is 2.09 bits per heavy atom. The first-order chi connectivity index (χ1) is 5.27. The van der Waals surface area contributed by atoms with Crippen LogP contribution in [0.3, 0.4) is 0 Å².